The van der Waals surface area contributed by atoms with E-state index in [0.717, 1.165) is 54.7 Å². The summed E-state index contributed by atoms with van der Waals surface area (Å²) in [5, 5.41) is 0. The molecular weight excluding hydrogens is 330 g/mol. The highest BCUT2D eigenvalue weighted by atomic mass is 16.7. The zero-order valence-corrected chi connectivity index (χ0v) is 15.2. The zero-order valence-electron chi connectivity index (χ0n) is 15.2. The Labute approximate surface area is 154 Å². The minimum absolute atomic E-state index is 0.204. The molecule has 6 aliphatic rings. The van der Waals surface area contributed by atoms with Gasteiger partial charge >= 0.3 is 0 Å². The van der Waals surface area contributed by atoms with Gasteiger partial charge in [0, 0.05) is 24.7 Å². The minimum atomic E-state index is 0.204. The van der Waals surface area contributed by atoms with Crippen LogP contribution in [0.3, 0.4) is 0 Å². The molecule has 2 heterocycles. The number of fused-ring (bicyclic) bond motifs is 2. The summed E-state index contributed by atoms with van der Waals surface area (Å²) in [6.07, 6.45) is 8.33. The maximum Gasteiger partial charge on any atom is 0.231 e. The first-order valence-corrected chi connectivity index (χ1v) is 10.2. The van der Waals surface area contributed by atoms with Crippen molar-refractivity contribution in [3.63, 3.8) is 0 Å². The van der Waals surface area contributed by atoms with Crippen LogP contribution in [0.25, 0.3) is 0 Å². The number of hydrogen-bond donors (Lipinski definition) is 0. The Morgan fingerprint density at radius 3 is 2.35 bits per heavy atom. The predicted molar refractivity (Wildman–Crippen MR) is 95.3 cm³/mol. The molecule has 0 saturated heterocycles. The molecule has 5 nitrogen and oxygen atoms in total. The fraction of sp³-hybridized carbons (Fsp3) is 0.714. The van der Waals surface area contributed by atoms with E-state index < -0.39 is 0 Å². The topological polar surface area (TPSA) is 40.2 Å². The summed E-state index contributed by atoms with van der Waals surface area (Å²) in [5.74, 6) is 5.37. The largest absolute Gasteiger partial charge is 0.478 e. The number of hydrogen-bond acceptors (Lipinski definition) is 5. The van der Waals surface area contributed by atoms with Crippen molar-refractivity contribution in [2.45, 2.75) is 50.7 Å². The molecule has 1 aromatic rings. The van der Waals surface area contributed by atoms with E-state index in [1.54, 1.807) is 0 Å². The summed E-state index contributed by atoms with van der Waals surface area (Å²) in [5.41, 5.74) is 1.38. The lowest BCUT2D eigenvalue weighted by Crippen LogP contribution is -2.52. The van der Waals surface area contributed by atoms with Gasteiger partial charge in [-0.25, -0.2) is 0 Å². The molecule has 0 aromatic heterocycles. The molecule has 0 amide bonds. The van der Waals surface area contributed by atoms with E-state index in [0.29, 0.717) is 13.5 Å². The van der Waals surface area contributed by atoms with Crippen LogP contribution in [0.5, 0.6) is 17.2 Å². The lowest BCUT2D eigenvalue weighted by molar-refractivity contribution is -0.165. The second kappa shape index (κ2) is 5.77. The molecule has 0 unspecified atom stereocenters. The summed E-state index contributed by atoms with van der Waals surface area (Å²) < 4.78 is 23.4. The van der Waals surface area contributed by atoms with Gasteiger partial charge in [0.05, 0.1) is 12.2 Å². The first kappa shape index (κ1) is 15.6. The van der Waals surface area contributed by atoms with Crippen LogP contribution in [0.4, 0.5) is 0 Å². The number of rotatable bonds is 4. The molecule has 0 atom stereocenters. The molecule has 140 valence electrons. The Hall–Kier alpha value is -1.46. The molecule has 0 N–H and O–H groups in total. The summed E-state index contributed by atoms with van der Waals surface area (Å²) in [4.78, 5) is 2.32. The fourth-order valence-corrected chi connectivity index (χ4v) is 6.41. The highest BCUT2D eigenvalue weighted by molar-refractivity contribution is 5.52. The van der Waals surface area contributed by atoms with Gasteiger partial charge in [0.25, 0.3) is 0 Å². The van der Waals surface area contributed by atoms with Gasteiger partial charge in [-0.05, 0) is 62.3 Å². The van der Waals surface area contributed by atoms with E-state index in [9.17, 15) is 0 Å². The summed E-state index contributed by atoms with van der Waals surface area (Å²) >= 11 is 0. The molecular formula is C21H27NO4. The monoisotopic (exact) mass is 357 g/mol. The highest BCUT2D eigenvalue weighted by Crippen LogP contribution is 2.57. The normalized spacial score (nSPS) is 36.8. The van der Waals surface area contributed by atoms with Gasteiger partial charge in [0.1, 0.15) is 12.5 Å². The fourth-order valence-electron chi connectivity index (χ4n) is 6.41. The van der Waals surface area contributed by atoms with Crippen molar-refractivity contribution in [3.8, 4) is 17.2 Å². The Bertz CT molecular complexity index is 683. The zero-order chi connectivity index (χ0) is 17.1. The molecule has 26 heavy (non-hydrogen) atoms. The molecule has 4 saturated carbocycles. The van der Waals surface area contributed by atoms with Crippen molar-refractivity contribution >= 4 is 0 Å². The van der Waals surface area contributed by atoms with E-state index in [4.69, 9.17) is 18.9 Å². The quantitative estimate of drug-likeness (QED) is 0.824. The van der Waals surface area contributed by atoms with E-state index in [-0.39, 0.29) is 5.60 Å². The van der Waals surface area contributed by atoms with Crippen LogP contribution in [0, 0.1) is 17.8 Å². The third-order valence-corrected chi connectivity index (χ3v) is 7.15. The Kier molecular flexibility index (Phi) is 3.46. The molecule has 5 heteroatoms. The first-order chi connectivity index (χ1) is 12.7. The van der Waals surface area contributed by atoms with Crippen LogP contribution in [0.15, 0.2) is 12.1 Å². The molecule has 4 aliphatic carbocycles. The second-order valence-corrected chi connectivity index (χ2v) is 9.09. The molecule has 4 fully saturated rings. The maximum absolute atomic E-state index is 6.57. The Morgan fingerprint density at radius 2 is 1.62 bits per heavy atom. The van der Waals surface area contributed by atoms with Gasteiger partial charge in [0.2, 0.25) is 6.79 Å². The van der Waals surface area contributed by atoms with E-state index in [2.05, 4.69) is 11.0 Å². The number of ether oxygens (including phenoxy) is 4. The van der Waals surface area contributed by atoms with Crippen LogP contribution in [-0.4, -0.2) is 37.2 Å². The van der Waals surface area contributed by atoms with Crippen molar-refractivity contribution in [1.29, 1.82) is 0 Å². The summed E-state index contributed by atoms with van der Waals surface area (Å²) in [6.45, 7) is 3.55. The third kappa shape index (κ3) is 2.59. The standard InChI is InChI=1S/C21H27NO4/c1(2-26-21-8-14-3-15(9-21)5-16(4-14)10-21)22-11-17-6-19-20(25-13-24-19)7-18(17)23-12-22/h6-7,14-16H,1-5,8-13H2. The SMILES string of the molecule is c1c2c(cc3c1OCO3)OCN(CCOC13CC4CC(CC(C4)C1)C3)C2. The number of nitrogens with zero attached hydrogens (tertiary/aromatic N) is 1. The van der Waals surface area contributed by atoms with Crippen molar-refractivity contribution in [2.75, 3.05) is 26.7 Å². The highest BCUT2D eigenvalue weighted by Gasteiger charge is 2.51. The molecule has 0 radical (unpaired) electrons. The number of benzene rings is 1. The van der Waals surface area contributed by atoms with Crippen molar-refractivity contribution in [2.24, 2.45) is 17.8 Å². The molecule has 2 aliphatic heterocycles. The average molecular weight is 357 g/mol. The van der Waals surface area contributed by atoms with E-state index >= 15 is 0 Å². The third-order valence-electron chi connectivity index (χ3n) is 7.15. The van der Waals surface area contributed by atoms with E-state index in [1.807, 2.05) is 6.07 Å². The smallest absolute Gasteiger partial charge is 0.231 e. The van der Waals surface area contributed by atoms with Crippen LogP contribution in [-0.2, 0) is 11.3 Å². The second-order valence-electron chi connectivity index (χ2n) is 9.09. The lowest BCUT2D eigenvalue weighted by atomic mass is 9.54. The molecule has 1 aromatic carbocycles. The first-order valence-electron chi connectivity index (χ1n) is 10.2. The molecule has 0 spiro atoms. The average Bonchev–Trinajstić information content (AvgIpc) is 3.05. The summed E-state index contributed by atoms with van der Waals surface area (Å²) in [6, 6.07) is 4.02. The molecule has 7 rings (SSSR count). The van der Waals surface area contributed by atoms with Crippen molar-refractivity contribution < 1.29 is 18.9 Å². The maximum atomic E-state index is 6.57. The Morgan fingerprint density at radius 1 is 0.923 bits per heavy atom. The van der Waals surface area contributed by atoms with Crippen molar-refractivity contribution in [3.05, 3.63) is 17.7 Å². The van der Waals surface area contributed by atoms with Crippen molar-refractivity contribution in [1.82, 2.24) is 4.90 Å². The van der Waals surface area contributed by atoms with Gasteiger partial charge in [0.15, 0.2) is 11.5 Å². The van der Waals surface area contributed by atoms with Gasteiger partial charge < -0.3 is 18.9 Å². The predicted octanol–water partition coefficient (Wildman–Crippen LogP) is 3.55. The van der Waals surface area contributed by atoms with Gasteiger partial charge in [-0.15, -0.1) is 0 Å². The van der Waals surface area contributed by atoms with Gasteiger partial charge in [-0.3, -0.25) is 4.90 Å². The molecule has 4 bridgehead atoms. The summed E-state index contributed by atoms with van der Waals surface area (Å²) in [7, 11) is 0. The van der Waals surface area contributed by atoms with Crippen LogP contribution >= 0.6 is 0 Å². The minimum Gasteiger partial charge on any atom is -0.478 e. The van der Waals surface area contributed by atoms with E-state index in [1.165, 1.54) is 44.1 Å². The Balaban J connectivity index is 1.08. The van der Waals surface area contributed by atoms with Gasteiger partial charge in [-0.1, -0.05) is 0 Å². The van der Waals surface area contributed by atoms with Crippen LogP contribution in [0.2, 0.25) is 0 Å². The van der Waals surface area contributed by atoms with Crippen LogP contribution < -0.4 is 14.2 Å². The van der Waals surface area contributed by atoms with Gasteiger partial charge in [-0.2, -0.15) is 0 Å². The van der Waals surface area contributed by atoms with Crippen LogP contribution in [0.1, 0.15) is 44.1 Å². The lowest BCUT2D eigenvalue weighted by Gasteiger charge is -2.56.